The predicted molar refractivity (Wildman–Crippen MR) is 82.1 cm³/mol. The third-order valence-corrected chi connectivity index (χ3v) is 3.91. The molecule has 0 spiro atoms. The van der Waals surface area contributed by atoms with Gasteiger partial charge < -0.3 is 10.8 Å². The molecule has 1 aromatic carbocycles. The summed E-state index contributed by atoms with van der Waals surface area (Å²) in [6.45, 7) is 1.68. The Kier molecular flexibility index (Phi) is 6.19. The third kappa shape index (κ3) is 4.82. The van der Waals surface area contributed by atoms with Crippen molar-refractivity contribution in [3.05, 3.63) is 35.1 Å². The van der Waals surface area contributed by atoms with Crippen molar-refractivity contribution >= 4 is 0 Å². The first-order valence-corrected chi connectivity index (χ1v) is 7.56. The summed E-state index contributed by atoms with van der Waals surface area (Å²) in [6.07, 6.45) is 4.80. The van der Waals surface area contributed by atoms with Crippen LogP contribution in [-0.4, -0.2) is 35.7 Å². The molecule has 3 N–H and O–H groups in total. The molecular formula is C17H23FN2O. The van der Waals surface area contributed by atoms with Gasteiger partial charge in [0, 0.05) is 24.7 Å². The Labute approximate surface area is 125 Å². The van der Waals surface area contributed by atoms with Gasteiger partial charge >= 0.3 is 0 Å². The smallest absolute Gasteiger partial charge is 0.124 e. The van der Waals surface area contributed by atoms with Crippen LogP contribution >= 0.6 is 0 Å². The van der Waals surface area contributed by atoms with Crippen LogP contribution in [0.15, 0.2) is 18.2 Å². The number of aliphatic hydroxyl groups excluding tert-OH is 1. The molecule has 1 aliphatic rings. The van der Waals surface area contributed by atoms with Crippen molar-refractivity contribution in [2.75, 3.05) is 19.7 Å². The molecule has 0 saturated heterocycles. The quantitative estimate of drug-likeness (QED) is 0.814. The Bertz CT molecular complexity index is 515. The first kappa shape index (κ1) is 16.0. The number of nitrogens with two attached hydrogens (primary N) is 1. The highest BCUT2D eigenvalue weighted by Gasteiger charge is 2.22. The fourth-order valence-electron chi connectivity index (χ4n) is 2.99. The van der Waals surface area contributed by atoms with Crippen molar-refractivity contribution < 1.29 is 9.50 Å². The Morgan fingerprint density at radius 3 is 2.71 bits per heavy atom. The summed E-state index contributed by atoms with van der Waals surface area (Å²) in [5, 5.41) is 9.25. The van der Waals surface area contributed by atoms with E-state index in [1.165, 1.54) is 18.9 Å². The molecule has 0 heterocycles. The Morgan fingerprint density at radius 2 is 2.05 bits per heavy atom. The van der Waals surface area contributed by atoms with E-state index < -0.39 is 0 Å². The summed E-state index contributed by atoms with van der Waals surface area (Å²) in [6, 6.07) is 5.38. The van der Waals surface area contributed by atoms with Gasteiger partial charge in [-0.1, -0.05) is 24.7 Å². The number of benzene rings is 1. The molecule has 0 aliphatic heterocycles. The van der Waals surface area contributed by atoms with Crippen LogP contribution < -0.4 is 5.73 Å². The second-order valence-corrected chi connectivity index (χ2v) is 5.49. The van der Waals surface area contributed by atoms with Crippen LogP contribution in [0.1, 0.15) is 36.8 Å². The molecule has 2 rings (SSSR count). The highest BCUT2D eigenvalue weighted by atomic mass is 19.1. The van der Waals surface area contributed by atoms with Crippen LogP contribution in [0.2, 0.25) is 0 Å². The minimum atomic E-state index is -0.274. The van der Waals surface area contributed by atoms with Crippen LogP contribution in [0.25, 0.3) is 0 Å². The van der Waals surface area contributed by atoms with Gasteiger partial charge in [0.05, 0.1) is 13.2 Å². The molecule has 4 heteroatoms. The van der Waals surface area contributed by atoms with Crippen molar-refractivity contribution in [2.24, 2.45) is 5.73 Å². The van der Waals surface area contributed by atoms with Gasteiger partial charge in [0.2, 0.25) is 0 Å². The molecule has 3 nitrogen and oxygen atoms in total. The van der Waals surface area contributed by atoms with Crippen molar-refractivity contribution in [1.29, 1.82) is 0 Å². The van der Waals surface area contributed by atoms with Gasteiger partial charge in [-0.25, -0.2) is 4.39 Å². The maximum atomic E-state index is 13.7. The second kappa shape index (κ2) is 8.14. The van der Waals surface area contributed by atoms with E-state index in [4.69, 9.17) is 5.73 Å². The van der Waals surface area contributed by atoms with Crippen molar-refractivity contribution in [3.63, 3.8) is 0 Å². The normalized spacial score (nSPS) is 15.2. The lowest BCUT2D eigenvalue weighted by molar-refractivity contribution is 0.144. The maximum Gasteiger partial charge on any atom is 0.124 e. The zero-order valence-corrected chi connectivity index (χ0v) is 12.3. The SMILES string of the molecule is NCC#Cc1cc(F)cc(CN(CCO)C2CCCC2)c1. The van der Waals surface area contributed by atoms with E-state index in [1.807, 2.05) is 6.07 Å². The minimum absolute atomic E-state index is 0.131. The Morgan fingerprint density at radius 1 is 1.29 bits per heavy atom. The summed E-state index contributed by atoms with van der Waals surface area (Å²) >= 11 is 0. The van der Waals surface area contributed by atoms with Crippen LogP contribution in [0.3, 0.4) is 0 Å². The summed E-state index contributed by atoms with van der Waals surface area (Å²) in [5.74, 6) is 5.35. The first-order valence-electron chi connectivity index (χ1n) is 7.56. The second-order valence-electron chi connectivity index (χ2n) is 5.49. The highest BCUT2D eigenvalue weighted by Crippen LogP contribution is 2.25. The molecule has 114 valence electrons. The van der Waals surface area contributed by atoms with Gasteiger partial charge in [0.15, 0.2) is 0 Å². The van der Waals surface area contributed by atoms with Crippen LogP contribution in [0.4, 0.5) is 4.39 Å². The van der Waals surface area contributed by atoms with Crippen molar-refractivity contribution in [2.45, 2.75) is 38.3 Å². The molecule has 1 fully saturated rings. The van der Waals surface area contributed by atoms with Gasteiger partial charge in [0.1, 0.15) is 5.82 Å². The lowest BCUT2D eigenvalue weighted by Crippen LogP contribution is -2.35. The summed E-state index contributed by atoms with van der Waals surface area (Å²) in [7, 11) is 0. The fourth-order valence-corrected chi connectivity index (χ4v) is 2.99. The molecule has 0 bridgehead atoms. The van der Waals surface area contributed by atoms with Gasteiger partial charge in [0.25, 0.3) is 0 Å². The molecule has 0 atom stereocenters. The van der Waals surface area contributed by atoms with Gasteiger partial charge in [-0.05, 0) is 36.6 Å². The lowest BCUT2D eigenvalue weighted by atomic mass is 10.1. The molecule has 1 aliphatic carbocycles. The van der Waals surface area contributed by atoms with E-state index in [0.717, 1.165) is 18.4 Å². The third-order valence-electron chi connectivity index (χ3n) is 3.91. The zero-order valence-electron chi connectivity index (χ0n) is 12.3. The number of halogens is 1. The van der Waals surface area contributed by atoms with Crippen LogP contribution in [0.5, 0.6) is 0 Å². The minimum Gasteiger partial charge on any atom is -0.395 e. The van der Waals surface area contributed by atoms with Crippen molar-refractivity contribution in [1.82, 2.24) is 4.90 Å². The maximum absolute atomic E-state index is 13.7. The molecule has 0 amide bonds. The summed E-state index contributed by atoms with van der Waals surface area (Å²) in [4.78, 5) is 2.25. The van der Waals surface area contributed by atoms with Crippen LogP contribution in [-0.2, 0) is 6.54 Å². The van der Waals surface area contributed by atoms with E-state index in [1.54, 1.807) is 6.07 Å². The van der Waals surface area contributed by atoms with E-state index >= 15 is 0 Å². The van der Waals surface area contributed by atoms with E-state index in [2.05, 4.69) is 16.7 Å². The fraction of sp³-hybridized carbons (Fsp3) is 0.529. The van der Waals surface area contributed by atoms with Crippen molar-refractivity contribution in [3.8, 4) is 11.8 Å². The molecule has 1 saturated carbocycles. The highest BCUT2D eigenvalue weighted by molar-refractivity contribution is 5.38. The number of aliphatic hydroxyl groups is 1. The average Bonchev–Trinajstić information content (AvgIpc) is 2.98. The predicted octanol–water partition coefficient (Wildman–Crippen LogP) is 1.87. The summed E-state index contributed by atoms with van der Waals surface area (Å²) in [5.41, 5.74) is 6.91. The number of hydrogen-bond acceptors (Lipinski definition) is 3. The molecule has 1 aromatic rings. The van der Waals surface area contributed by atoms with Gasteiger partial charge in [-0.15, -0.1) is 0 Å². The largest absolute Gasteiger partial charge is 0.395 e. The Hall–Kier alpha value is -1.41. The zero-order chi connectivity index (χ0) is 15.1. The van der Waals surface area contributed by atoms with E-state index in [-0.39, 0.29) is 19.0 Å². The number of rotatable bonds is 5. The van der Waals surface area contributed by atoms with E-state index in [9.17, 15) is 9.50 Å². The molecule has 0 unspecified atom stereocenters. The summed E-state index contributed by atoms with van der Waals surface area (Å²) < 4.78 is 13.7. The first-order chi connectivity index (χ1) is 10.2. The lowest BCUT2D eigenvalue weighted by Gasteiger charge is -2.28. The molecule has 0 radical (unpaired) electrons. The number of nitrogens with zero attached hydrogens (tertiary/aromatic N) is 1. The number of hydrogen-bond donors (Lipinski definition) is 2. The van der Waals surface area contributed by atoms with E-state index in [0.29, 0.717) is 24.7 Å². The standard InChI is InChI=1S/C17H23FN2O/c18-16-11-14(4-3-7-19)10-15(12-16)13-20(8-9-21)17-5-1-2-6-17/h10-12,17,21H,1-2,5-9,13,19H2. The Balaban J connectivity index is 2.13. The molecule has 0 aromatic heterocycles. The van der Waals surface area contributed by atoms with Gasteiger partial charge in [-0.2, -0.15) is 0 Å². The molecular weight excluding hydrogens is 267 g/mol. The van der Waals surface area contributed by atoms with Gasteiger partial charge in [-0.3, -0.25) is 4.90 Å². The molecule has 21 heavy (non-hydrogen) atoms. The van der Waals surface area contributed by atoms with Crippen LogP contribution in [0, 0.1) is 17.7 Å². The average molecular weight is 290 g/mol. The topological polar surface area (TPSA) is 49.5 Å². The monoisotopic (exact) mass is 290 g/mol.